The van der Waals surface area contributed by atoms with Crippen LogP contribution in [0.1, 0.15) is 31.2 Å². The second kappa shape index (κ2) is 8.05. The van der Waals surface area contributed by atoms with Crippen molar-refractivity contribution in [3.63, 3.8) is 0 Å². The Balaban J connectivity index is 1.34. The molecule has 3 aromatic rings. The molecule has 2 heterocycles. The molecule has 158 valence electrons. The highest BCUT2D eigenvalue weighted by Crippen LogP contribution is 2.41. The molecule has 7 nitrogen and oxygen atoms in total. The summed E-state index contributed by atoms with van der Waals surface area (Å²) in [5, 5.41) is 10.8. The van der Waals surface area contributed by atoms with Crippen molar-refractivity contribution in [3.8, 4) is 0 Å². The molecule has 2 amide bonds. The number of non-ortho nitro benzene ring substituents is 1. The topological polar surface area (TPSA) is 93.4 Å². The van der Waals surface area contributed by atoms with E-state index in [1.165, 1.54) is 28.4 Å². The first-order valence-corrected chi connectivity index (χ1v) is 12.0. The largest absolute Gasteiger partial charge is 0.274 e. The summed E-state index contributed by atoms with van der Waals surface area (Å²) < 4.78 is 1.80. The minimum absolute atomic E-state index is 0.0636. The lowest BCUT2D eigenvalue weighted by molar-refractivity contribution is -0.384. The molecule has 2 atom stereocenters. The summed E-state index contributed by atoms with van der Waals surface area (Å²) >= 11 is 3.08. The smallest absolute Gasteiger partial charge is 0.269 e. The highest BCUT2D eigenvalue weighted by molar-refractivity contribution is 8.00. The van der Waals surface area contributed by atoms with Crippen LogP contribution in [0, 0.1) is 22.0 Å². The Bertz CT molecular complexity index is 1170. The van der Waals surface area contributed by atoms with Gasteiger partial charge in [0, 0.05) is 17.9 Å². The van der Waals surface area contributed by atoms with E-state index in [0.29, 0.717) is 11.4 Å². The number of benzene rings is 2. The highest BCUT2D eigenvalue weighted by Gasteiger charge is 2.48. The van der Waals surface area contributed by atoms with E-state index >= 15 is 0 Å². The van der Waals surface area contributed by atoms with Gasteiger partial charge in [-0.15, -0.1) is 11.3 Å². The number of anilines is 1. The fourth-order valence-corrected chi connectivity index (χ4v) is 6.43. The number of thioether (sulfide) groups is 1. The number of nitro groups is 1. The van der Waals surface area contributed by atoms with Crippen LogP contribution in [0.15, 0.2) is 46.8 Å². The summed E-state index contributed by atoms with van der Waals surface area (Å²) in [6, 6.07) is 12.1. The number of rotatable bonds is 5. The average molecular weight is 454 g/mol. The number of nitrogens with zero attached hydrogens (tertiary/aromatic N) is 3. The van der Waals surface area contributed by atoms with Crippen molar-refractivity contribution < 1.29 is 14.5 Å². The third-order valence-corrected chi connectivity index (χ3v) is 8.19. The highest BCUT2D eigenvalue weighted by atomic mass is 32.2. The van der Waals surface area contributed by atoms with E-state index in [1.54, 1.807) is 30.0 Å². The first-order valence-electron chi connectivity index (χ1n) is 10.2. The second-order valence-corrected chi connectivity index (χ2v) is 10.1. The van der Waals surface area contributed by atoms with Gasteiger partial charge in [0.1, 0.15) is 0 Å². The maximum absolute atomic E-state index is 12.9. The average Bonchev–Trinajstić information content (AvgIpc) is 3.30. The van der Waals surface area contributed by atoms with Crippen molar-refractivity contribution in [1.29, 1.82) is 0 Å². The van der Waals surface area contributed by atoms with Crippen LogP contribution >= 0.6 is 23.1 Å². The molecule has 9 heteroatoms. The van der Waals surface area contributed by atoms with E-state index in [-0.39, 0.29) is 29.3 Å². The predicted molar refractivity (Wildman–Crippen MR) is 120 cm³/mol. The van der Waals surface area contributed by atoms with E-state index in [2.05, 4.69) is 4.98 Å². The molecule has 1 saturated heterocycles. The van der Waals surface area contributed by atoms with Gasteiger partial charge in [-0.1, -0.05) is 36.7 Å². The Morgan fingerprint density at radius 2 is 1.74 bits per heavy atom. The zero-order valence-corrected chi connectivity index (χ0v) is 18.2. The van der Waals surface area contributed by atoms with Gasteiger partial charge in [0.2, 0.25) is 11.8 Å². The molecule has 0 unspecified atom stereocenters. The van der Waals surface area contributed by atoms with Crippen molar-refractivity contribution in [2.45, 2.75) is 35.8 Å². The van der Waals surface area contributed by atoms with Crippen molar-refractivity contribution in [1.82, 2.24) is 4.98 Å². The Hall–Kier alpha value is -2.78. The summed E-state index contributed by atoms with van der Waals surface area (Å²) in [6.45, 7) is 0. The van der Waals surface area contributed by atoms with Crippen LogP contribution < -0.4 is 4.90 Å². The van der Waals surface area contributed by atoms with Gasteiger partial charge in [-0.05, 0) is 36.6 Å². The van der Waals surface area contributed by atoms with Gasteiger partial charge in [0.15, 0.2) is 4.34 Å². The van der Waals surface area contributed by atoms with Crippen LogP contribution in [0.2, 0.25) is 0 Å². The van der Waals surface area contributed by atoms with Gasteiger partial charge >= 0.3 is 0 Å². The third-order valence-electron chi connectivity index (χ3n) is 5.96. The summed E-state index contributed by atoms with van der Waals surface area (Å²) in [7, 11) is 0. The van der Waals surface area contributed by atoms with Crippen LogP contribution in [-0.2, 0) is 15.3 Å². The van der Waals surface area contributed by atoms with E-state index < -0.39 is 4.92 Å². The summed E-state index contributed by atoms with van der Waals surface area (Å²) in [4.78, 5) is 42.1. The number of nitro benzene ring substituents is 1. The summed E-state index contributed by atoms with van der Waals surface area (Å²) in [6.07, 6.45) is 3.63. The monoisotopic (exact) mass is 453 g/mol. The number of carbonyl (C=O) groups is 2. The van der Waals surface area contributed by atoms with E-state index in [1.807, 2.05) is 12.1 Å². The Kier molecular flexibility index (Phi) is 5.23. The first kappa shape index (κ1) is 20.1. The van der Waals surface area contributed by atoms with Crippen molar-refractivity contribution >= 4 is 56.5 Å². The molecule has 5 rings (SSSR count). The number of imide groups is 1. The fraction of sp³-hybridized carbons (Fsp3) is 0.318. The summed E-state index contributed by atoms with van der Waals surface area (Å²) in [5.41, 5.74) is 2.52. The van der Waals surface area contributed by atoms with Gasteiger partial charge in [-0.25, -0.2) is 4.98 Å². The molecule has 1 saturated carbocycles. The summed E-state index contributed by atoms with van der Waals surface area (Å²) in [5.74, 6) is 0.201. The minimum Gasteiger partial charge on any atom is -0.274 e. The molecule has 0 spiro atoms. The quantitative estimate of drug-likeness (QED) is 0.229. The van der Waals surface area contributed by atoms with Crippen molar-refractivity contribution in [2.24, 2.45) is 11.8 Å². The predicted octanol–water partition coefficient (Wildman–Crippen LogP) is 5.18. The van der Waals surface area contributed by atoms with Gasteiger partial charge in [-0.3, -0.25) is 24.6 Å². The zero-order chi connectivity index (χ0) is 21.5. The normalized spacial score (nSPS) is 21.0. The fourth-order valence-electron chi connectivity index (χ4n) is 4.37. The Morgan fingerprint density at radius 3 is 2.39 bits per heavy atom. The lowest BCUT2D eigenvalue weighted by Gasteiger charge is -2.19. The molecular formula is C22H19N3O4S2. The van der Waals surface area contributed by atoms with Crippen molar-refractivity contribution in [2.75, 3.05) is 4.90 Å². The zero-order valence-electron chi connectivity index (χ0n) is 16.5. The molecule has 1 aromatic heterocycles. The first-order chi connectivity index (χ1) is 15.0. The number of fused-ring (bicyclic) bond motifs is 2. The van der Waals surface area contributed by atoms with Crippen LogP contribution in [0.5, 0.6) is 0 Å². The van der Waals surface area contributed by atoms with Gasteiger partial charge in [-0.2, -0.15) is 0 Å². The molecule has 1 aliphatic carbocycles. The molecular weight excluding hydrogens is 434 g/mol. The number of amides is 2. The van der Waals surface area contributed by atoms with Crippen LogP contribution in [-0.4, -0.2) is 21.7 Å². The van der Waals surface area contributed by atoms with E-state index in [4.69, 9.17) is 0 Å². The maximum atomic E-state index is 12.9. The Labute approximate surface area is 186 Å². The molecule has 1 aliphatic heterocycles. The van der Waals surface area contributed by atoms with Gasteiger partial charge < -0.3 is 0 Å². The van der Waals surface area contributed by atoms with Crippen molar-refractivity contribution in [3.05, 3.63) is 58.1 Å². The standard InChI is InChI=1S/C22H19N3O4S2/c26-20-16-3-1-2-4-17(16)21(27)24(20)15-9-10-18-19(11-15)31-22(23-18)30-12-13-5-7-14(8-6-13)25(28)29/h5-11,16-17H,1-4,12H2/t16-,17+. The number of hydrogen-bond acceptors (Lipinski definition) is 7. The molecule has 2 fully saturated rings. The lowest BCUT2D eigenvalue weighted by Crippen LogP contribution is -2.30. The van der Waals surface area contributed by atoms with E-state index in [9.17, 15) is 19.7 Å². The second-order valence-electron chi connectivity index (χ2n) is 7.85. The number of aromatic nitrogens is 1. The Morgan fingerprint density at radius 1 is 1.06 bits per heavy atom. The molecule has 0 N–H and O–H groups in total. The van der Waals surface area contributed by atoms with Crippen LogP contribution in [0.4, 0.5) is 11.4 Å². The molecule has 2 aliphatic rings. The molecule has 2 aromatic carbocycles. The number of hydrogen-bond donors (Lipinski definition) is 0. The van der Waals surface area contributed by atoms with Gasteiger partial charge in [0.25, 0.3) is 5.69 Å². The lowest BCUT2D eigenvalue weighted by atomic mass is 9.81. The molecule has 0 radical (unpaired) electrons. The minimum atomic E-state index is -0.410. The number of thiazole rings is 1. The molecule has 0 bridgehead atoms. The van der Waals surface area contributed by atoms with Crippen LogP contribution in [0.25, 0.3) is 10.2 Å². The third kappa shape index (κ3) is 3.72. The SMILES string of the molecule is O=C1[C@H]2CCCC[C@H]2C(=O)N1c1ccc2nc(SCc3ccc([N+](=O)[O-])cc3)sc2c1. The maximum Gasteiger partial charge on any atom is 0.269 e. The molecule has 31 heavy (non-hydrogen) atoms. The van der Waals surface area contributed by atoms with E-state index in [0.717, 1.165) is 45.8 Å². The number of carbonyl (C=O) groups excluding carboxylic acids is 2. The van der Waals surface area contributed by atoms with Gasteiger partial charge in [0.05, 0.1) is 32.7 Å². The van der Waals surface area contributed by atoms with Crippen LogP contribution in [0.3, 0.4) is 0 Å².